The van der Waals surface area contributed by atoms with Crippen LogP contribution in [0.2, 0.25) is 5.15 Å². The summed E-state index contributed by atoms with van der Waals surface area (Å²) in [5.41, 5.74) is 3.66. The molecular formula is C15H16ClN3O. The Morgan fingerprint density at radius 3 is 2.65 bits per heavy atom. The molecule has 0 aliphatic heterocycles. The van der Waals surface area contributed by atoms with Crippen molar-refractivity contribution in [1.29, 1.82) is 0 Å². The Kier molecular flexibility index (Phi) is 4.35. The van der Waals surface area contributed by atoms with Crippen molar-refractivity contribution < 1.29 is 4.79 Å². The van der Waals surface area contributed by atoms with Crippen molar-refractivity contribution in [3.63, 3.8) is 0 Å². The van der Waals surface area contributed by atoms with E-state index in [1.807, 2.05) is 20.8 Å². The van der Waals surface area contributed by atoms with E-state index in [-0.39, 0.29) is 22.8 Å². The number of aryl methyl sites for hydroxylation is 2. The van der Waals surface area contributed by atoms with Gasteiger partial charge in [-0.25, -0.2) is 9.97 Å². The van der Waals surface area contributed by atoms with Crippen LogP contribution in [0.15, 0.2) is 30.6 Å². The maximum Gasteiger partial charge on any atom is 0.271 e. The number of amides is 1. The second kappa shape index (κ2) is 6.01. The molecule has 0 saturated carbocycles. The summed E-state index contributed by atoms with van der Waals surface area (Å²) in [5, 5.41) is 3.18. The van der Waals surface area contributed by atoms with Gasteiger partial charge >= 0.3 is 0 Å². The van der Waals surface area contributed by atoms with Gasteiger partial charge in [0.05, 0.1) is 18.4 Å². The molecule has 20 heavy (non-hydrogen) atoms. The van der Waals surface area contributed by atoms with Crippen molar-refractivity contribution in [2.45, 2.75) is 26.8 Å². The van der Waals surface area contributed by atoms with E-state index < -0.39 is 0 Å². The third-order valence-corrected chi connectivity index (χ3v) is 3.30. The van der Waals surface area contributed by atoms with Crippen LogP contribution in [0.3, 0.4) is 0 Å². The molecule has 1 atom stereocenters. The summed E-state index contributed by atoms with van der Waals surface area (Å²) in [6, 6.07) is 6.08. The molecule has 0 radical (unpaired) electrons. The molecule has 1 amide bonds. The van der Waals surface area contributed by atoms with Crippen LogP contribution >= 0.6 is 11.6 Å². The number of nitrogens with zero attached hydrogens (tertiary/aromatic N) is 2. The first-order chi connectivity index (χ1) is 9.47. The number of nitrogens with one attached hydrogen (secondary N) is 1. The summed E-state index contributed by atoms with van der Waals surface area (Å²) in [7, 11) is 0. The van der Waals surface area contributed by atoms with Gasteiger partial charge in [-0.3, -0.25) is 4.79 Å². The fourth-order valence-electron chi connectivity index (χ4n) is 2.00. The van der Waals surface area contributed by atoms with E-state index in [0.717, 1.165) is 16.7 Å². The van der Waals surface area contributed by atoms with Crippen LogP contribution in [0.5, 0.6) is 0 Å². The van der Waals surface area contributed by atoms with Gasteiger partial charge in [0.25, 0.3) is 5.91 Å². The Labute approximate surface area is 123 Å². The zero-order valence-corrected chi connectivity index (χ0v) is 12.4. The lowest BCUT2D eigenvalue weighted by Crippen LogP contribution is -2.28. The van der Waals surface area contributed by atoms with E-state index in [4.69, 9.17) is 11.6 Å². The maximum absolute atomic E-state index is 12.1. The second-order valence-electron chi connectivity index (χ2n) is 4.78. The van der Waals surface area contributed by atoms with Crippen LogP contribution in [-0.2, 0) is 0 Å². The Balaban J connectivity index is 2.15. The summed E-state index contributed by atoms with van der Waals surface area (Å²) >= 11 is 5.65. The average Bonchev–Trinajstić information content (AvgIpc) is 2.42. The summed E-state index contributed by atoms with van der Waals surface area (Å²) in [6.07, 6.45) is 2.73. The molecule has 0 fully saturated rings. The predicted octanol–water partition coefficient (Wildman–Crippen LogP) is 3.24. The minimum absolute atomic E-state index is 0.0973. The predicted molar refractivity (Wildman–Crippen MR) is 78.8 cm³/mol. The topological polar surface area (TPSA) is 54.9 Å². The lowest BCUT2D eigenvalue weighted by molar-refractivity contribution is 0.0934. The van der Waals surface area contributed by atoms with Crippen molar-refractivity contribution in [2.24, 2.45) is 0 Å². The summed E-state index contributed by atoms with van der Waals surface area (Å²) in [5.74, 6) is -0.262. The van der Waals surface area contributed by atoms with Gasteiger partial charge in [-0.2, -0.15) is 0 Å². The van der Waals surface area contributed by atoms with Gasteiger partial charge in [0.15, 0.2) is 0 Å². The van der Waals surface area contributed by atoms with Crippen molar-refractivity contribution in [3.05, 3.63) is 58.1 Å². The number of carbonyl (C=O) groups is 1. The molecule has 0 saturated heterocycles. The van der Waals surface area contributed by atoms with Gasteiger partial charge in [0, 0.05) is 0 Å². The standard InChI is InChI=1S/C15H16ClN3O/c1-9-4-5-10(2)12(6-9)11(3)19-15(20)13-7-18-14(16)8-17-13/h4-8,11H,1-3H3,(H,19,20). The molecule has 1 aromatic carbocycles. The van der Waals surface area contributed by atoms with Crippen LogP contribution in [0, 0.1) is 13.8 Å². The van der Waals surface area contributed by atoms with Crippen LogP contribution in [0.25, 0.3) is 0 Å². The Bertz CT molecular complexity index is 626. The molecule has 0 aliphatic rings. The second-order valence-corrected chi connectivity index (χ2v) is 5.17. The Hall–Kier alpha value is -1.94. The van der Waals surface area contributed by atoms with E-state index in [0.29, 0.717) is 0 Å². The van der Waals surface area contributed by atoms with E-state index >= 15 is 0 Å². The quantitative estimate of drug-likeness (QED) is 0.944. The third-order valence-electron chi connectivity index (χ3n) is 3.10. The molecule has 4 nitrogen and oxygen atoms in total. The lowest BCUT2D eigenvalue weighted by Gasteiger charge is -2.17. The fraction of sp³-hybridized carbons (Fsp3) is 0.267. The molecule has 2 aromatic rings. The van der Waals surface area contributed by atoms with Crippen LogP contribution in [0.1, 0.15) is 40.1 Å². The van der Waals surface area contributed by atoms with Gasteiger partial charge in [-0.15, -0.1) is 0 Å². The highest BCUT2D eigenvalue weighted by Gasteiger charge is 2.14. The first-order valence-electron chi connectivity index (χ1n) is 6.33. The fourth-order valence-corrected chi connectivity index (χ4v) is 2.10. The van der Waals surface area contributed by atoms with Gasteiger partial charge in [0.2, 0.25) is 0 Å². The first-order valence-corrected chi connectivity index (χ1v) is 6.70. The molecule has 1 N–H and O–H groups in total. The molecule has 0 spiro atoms. The van der Waals surface area contributed by atoms with E-state index in [2.05, 4.69) is 33.5 Å². The van der Waals surface area contributed by atoms with Crippen LogP contribution < -0.4 is 5.32 Å². The van der Waals surface area contributed by atoms with Crippen molar-refractivity contribution >= 4 is 17.5 Å². The van der Waals surface area contributed by atoms with Gasteiger partial charge in [-0.05, 0) is 31.9 Å². The monoisotopic (exact) mass is 289 g/mol. The normalized spacial score (nSPS) is 12.0. The van der Waals surface area contributed by atoms with E-state index in [1.165, 1.54) is 12.4 Å². The molecule has 5 heteroatoms. The molecule has 2 rings (SSSR count). The highest BCUT2D eigenvalue weighted by molar-refractivity contribution is 6.29. The van der Waals surface area contributed by atoms with Gasteiger partial charge < -0.3 is 5.32 Å². The number of carbonyl (C=O) groups excluding carboxylic acids is 1. The largest absolute Gasteiger partial charge is 0.344 e. The number of benzene rings is 1. The van der Waals surface area contributed by atoms with Gasteiger partial charge in [0.1, 0.15) is 10.8 Å². The highest BCUT2D eigenvalue weighted by atomic mass is 35.5. The molecule has 104 valence electrons. The molecule has 1 unspecified atom stereocenters. The molecular weight excluding hydrogens is 274 g/mol. The highest BCUT2D eigenvalue weighted by Crippen LogP contribution is 2.19. The number of aromatic nitrogens is 2. The minimum Gasteiger partial charge on any atom is -0.344 e. The molecule has 0 aliphatic carbocycles. The number of hydrogen-bond donors (Lipinski definition) is 1. The van der Waals surface area contributed by atoms with Crippen molar-refractivity contribution in [1.82, 2.24) is 15.3 Å². The molecule has 0 bridgehead atoms. The smallest absolute Gasteiger partial charge is 0.271 e. The van der Waals surface area contributed by atoms with Crippen LogP contribution in [0.4, 0.5) is 0 Å². The minimum atomic E-state index is -0.262. The van der Waals surface area contributed by atoms with Crippen LogP contribution in [-0.4, -0.2) is 15.9 Å². The van der Waals surface area contributed by atoms with E-state index in [9.17, 15) is 4.79 Å². The first kappa shape index (κ1) is 14.5. The Morgan fingerprint density at radius 1 is 1.25 bits per heavy atom. The third kappa shape index (κ3) is 3.33. The van der Waals surface area contributed by atoms with Gasteiger partial charge in [-0.1, -0.05) is 35.4 Å². The summed E-state index contributed by atoms with van der Waals surface area (Å²) < 4.78 is 0. The van der Waals surface area contributed by atoms with E-state index in [1.54, 1.807) is 0 Å². The van der Waals surface area contributed by atoms with Crippen molar-refractivity contribution in [2.75, 3.05) is 0 Å². The summed E-state index contributed by atoms with van der Waals surface area (Å²) in [4.78, 5) is 19.9. The zero-order valence-electron chi connectivity index (χ0n) is 11.6. The average molecular weight is 290 g/mol. The maximum atomic E-state index is 12.1. The summed E-state index contributed by atoms with van der Waals surface area (Å²) in [6.45, 7) is 6.00. The van der Waals surface area contributed by atoms with Crippen molar-refractivity contribution in [3.8, 4) is 0 Å². The number of hydrogen-bond acceptors (Lipinski definition) is 3. The number of rotatable bonds is 3. The Morgan fingerprint density at radius 2 is 2.00 bits per heavy atom. The zero-order chi connectivity index (χ0) is 14.7. The SMILES string of the molecule is Cc1ccc(C)c(C(C)NC(=O)c2cnc(Cl)cn2)c1. The molecule has 1 heterocycles. The molecule has 1 aromatic heterocycles. The number of halogens is 1. The lowest BCUT2D eigenvalue weighted by atomic mass is 10.00.